The molecule has 2 aliphatic heterocycles. The molecule has 25 heavy (non-hydrogen) atoms. The fourth-order valence-corrected chi connectivity index (χ4v) is 3.77. The van der Waals surface area contributed by atoms with Gasteiger partial charge in [-0.15, -0.1) is 10.2 Å². The summed E-state index contributed by atoms with van der Waals surface area (Å²) in [4.78, 5) is 25.9. The van der Waals surface area contributed by atoms with Crippen LogP contribution in [-0.2, 0) is 29.0 Å². The SMILES string of the molecule is CC1CCCN(C(=O)C(=O)NCCCc2nnc3n2CCCCC3)C1. The standard InChI is InChI=1S/C18H29N5O2/c1-14-7-6-11-22(13-14)18(25)17(24)19-10-5-9-16-21-20-15-8-3-2-4-12-23(15)16/h14H,2-13H2,1H3,(H,19,24). The first kappa shape index (κ1) is 17.9. The van der Waals surface area contributed by atoms with Gasteiger partial charge in [0.15, 0.2) is 0 Å². The Balaban J connectivity index is 1.42. The number of aryl methyl sites for hydroxylation is 2. The van der Waals surface area contributed by atoms with Crippen LogP contribution in [0.15, 0.2) is 0 Å². The topological polar surface area (TPSA) is 80.1 Å². The molecule has 1 saturated heterocycles. The maximum Gasteiger partial charge on any atom is 0.311 e. The van der Waals surface area contributed by atoms with Crippen LogP contribution >= 0.6 is 0 Å². The molecule has 0 aliphatic carbocycles. The van der Waals surface area contributed by atoms with Crippen molar-refractivity contribution in [2.45, 2.75) is 64.8 Å². The summed E-state index contributed by atoms with van der Waals surface area (Å²) in [5.74, 6) is 1.71. The Kier molecular flexibility index (Phi) is 6.04. The van der Waals surface area contributed by atoms with E-state index in [0.717, 1.165) is 50.3 Å². The van der Waals surface area contributed by atoms with Crippen LogP contribution in [0, 0.1) is 5.92 Å². The molecule has 0 spiro atoms. The molecule has 1 N–H and O–H groups in total. The highest BCUT2D eigenvalue weighted by atomic mass is 16.2. The fraction of sp³-hybridized carbons (Fsp3) is 0.778. The molecule has 2 aliphatic rings. The molecule has 0 bridgehead atoms. The third-order valence-corrected chi connectivity index (χ3v) is 5.19. The lowest BCUT2D eigenvalue weighted by Gasteiger charge is -2.30. The highest BCUT2D eigenvalue weighted by Gasteiger charge is 2.25. The third kappa shape index (κ3) is 4.58. The van der Waals surface area contributed by atoms with Crippen molar-refractivity contribution in [2.24, 2.45) is 5.92 Å². The van der Waals surface area contributed by atoms with Gasteiger partial charge in [-0.25, -0.2) is 0 Å². The summed E-state index contributed by atoms with van der Waals surface area (Å²) in [5, 5.41) is 11.4. The van der Waals surface area contributed by atoms with E-state index >= 15 is 0 Å². The molecular formula is C18H29N5O2. The molecule has 0 radical (unpaired) electrons. The number of amides is 2. The predicted octanol–water partition coefficient (Wildman–Crippen LogP) is 1.31. The number of piperidine rings is 1. The van der Waals surface area contributed by atoms with Crippen LogP contribution in [0.1, 0.15) is 57.1 Å². The first-order valence-corrected chi connectivity index (χ1v) is 9.63. The summed E-state index contributed by atoms with van der Waals surface area (Å²) in [5.41, 5.74) is 0. The summed E-state index contributed by atoms with van der Waals surface area (Å²) in [7, 11) is 0. The predicted molar refractivity (Wildman–Crippen MR) is 93.9 cm³/mol. The van der Waals surface area contributed by atoms with Crippen molar-refractivity contribution in [2.75, 3.05) is 19.6 Å². The number of fused-ring (bicyclic) bond motifs is 1. The highest BCUT2D eigenvalue weighted by Crippen LogP contribution is 2.16. The van der Waals surface area contributed by atoms with E-state index in [9.17, 15) is 9.59 Å². The molecule has 1 unspecified atom stereocenters. The average Bonchev–Trinajstić information content (AvgIpc) is 2.84. The number of rotatable bonds is 4. The summed E-state index contributed by atoms with van der Waals surface area (Å²) in [6.45, 7) is 5.01. The monoisotopic (exact) mass is 347 g/mol. The molecule has 3 heterocycles. The molecule has 3 rings (SSSR count). The Morgan fingerprint density at radius 3 is 2.88 bits per heavy atom. The molecule has 138 valence electrons. The number of carbonyl (C=O) groups is 2. The largest absolute Gasteiger partial charge is 0.348 e. The van der Waals surface area contributed by atoms with Crippen LogP contribution in [0.5, 0.6) is 0 Å². The molecule has 7 heteroatoms. The van der Waals surface area contributed by atoms with E-state index in [1.54, 1.807) is 4.90 Å². The summed E-state index contributed by atoms with van der Waals surface area (Å²) in [6, 6.07) is 0. The number of aromatic nitrogens is 3. The van der Waals surface area contributed by atoms with E-state index in [4.69, 9.17) is 0 Å². The second-order valence-electron chi connectivity index (χ2n) is 7.35. The van der Waals surface area contributed by atoms with Gasteiger partial charge in [-0.1, -0.05) is 13.3 Å². The van der Waals surface area contributed by atoms with E-state index in [2.05, 4.69) is 27.0 Å². The quantitative estimate of drug-likeness (QED) is 0.658. The zero-order valence-corrected chi connectivity index (χ0v) is 15.2. The zero-order valence-electron chi connectivity index (χ0n) is 15.2. The van der Waals surface area contributed by atoms with Crippen molar-refractivity contribution < 1.29 is 9.59 Å². The van der Waals surface area contributed by atoms with Crippen LogP contribution < -0.4 is 5.32 Å². The Morgan fingerprint density at radius 1 is 1.16 bits per heavy atom. The van der Waals surface area contributed by atoms with Gasteiger partial charge >= 0.3 is 11.8 Å². The second-order valence-corrected chi connectivity index (χ2v) is 7.35. The van der Waals surface area contributed by atoms with E-state index in [1.807, 2.05) is 0 Å². The number of hydrogen-bond donors (Lipinski definition) is 1. The normalized spacial score (nSPS) is 20.7. The Bertz CT molecular complexity index is 613. The van der Waals surface area contributed by atoms with Gasteiger partial charge in [0.25, 0.3) is 0 Å². The molecule has 1 atom stereocenters. The van der Waals surface area contributed by atoms with Crippen LogP contribution in [-0.4, -0.2) is 51.1 Å². The minimum atomic E-state index is -0.478. The zero-order chi connectivity index (χ0) is 17.6. The van der Waals surface area contributed by atoms with Gasteiger partial charge in [-0.05, 0) is 38.0 Å². The van der Waals surface area contributed by atoms with E-state index in [-0.39, 0.29) is 5.91 Å². The van der Waals surface area contributed by atoms with E-state index in [1.165, 1.54) is 19.3 Å². The Morgan fingerprint density at radius 2 is 2.04 bits per heavy atom. The number of nitrogens with zero attached hydrogens (tertiary/aromatic N) is 4. The van der Waals surface area contributed by atoms with Gasteiger partial charge in [0.05, 0.1) is 0 Å². The molecule has 1 aromatic heterocycles. The third-order valence-electron chi connectivity index (χ3n) is 5.19. The van der Waals surface area contributed by atoms with Crippen molar-refractivity contribution in [3.63, 3.8) is 0 Å². The lowest BCUT2D eigenvalue weighted by atomic mass is 10.0. The van der Waals surface area contributed by atoms with Gasteiger partial charge in [0.2, 0.25) is 0 Å². The molecule has 0 aromatic carbocycles. The molecule has 2 amide bonds. The number of carbonyl (C=O) groups excluding carboxylic acids is 2. The van der Waals surface area contributed by atoms with Crippen LogP contribution in [0.4, 0.5) is 0 Å². The number of likely N-dealkylation sites (tertiary alicyclic amines) is 1. The smallest absolute Gasteiger partial charge is 0.311 e. The highest BCUT2D eigenvalue weighted by molar-refractivity contribution is 6.35. The minimum Gasteiger partial charge on any atom is -0.348 e. The second kappa shape index (κ2) is 8.45. The van der Waals surface area contributed by atoms with Gasteiger partial charge in [-0.3, -0.25) is 9.59 Å². The number of hydrogen-bond acceptors (Lipinski definition) is 4. The average molecular weight is 347 g/mol. The van der Waals surface area contributed by atoms with E-state index < -0.39 is 5.91 Å². The van der Waals surface area contributed by atoms with Crippen molar-refractivity contribution in [1.29, 1.82) is 0 Å². The van der Waals surface area contributed by atoms with Crippen molar-refractivity contribution >= 4 is 11.8 Å². The van der Waals surface area contributed by atoms with Crippen LogP contribution in [0.25, 0.3) is 0 Å². The van der Waals surface area contributed by atoms with Crippen molar-refractivity contribution in [3.8, 4) is 0 Å². The lowest BCUT2D eigenvalue weighted by Crippen LogP contribution is -2.47. The van der Waals surface area contributed by atoms with Crippen LogP contribution in [0.3, 0.4) is 0 Å². The van der Waals surface area contributed by atoms with Gasteiger partial charge < -0.3 is 14.8 Å². The van der Waals surface area contributed by atoms with Gasteiger partial charge in [0.1, 0.15) is 11.6 Å². The van der Waals surface area contributed by atoms with Gasteiger partial charge in [0, 0.05) is 39.0 Å². The first-order chi connectivity index (χ1) is 12.1. The van der Waals surface area contributed by atoms with Gasteiger partial charge in [-0.2, -0.15) is 0 Å². The fourth-order valence-electron chi connectivity index (χ4n) is 3.77. The molecule has 7 nitrogen and oxygen atoms in total. The maximum atomic E-state index is 12.2. The number of nitrogens with one attached hydrogen (secondary N) is 1. The molecule has 1 aromatic rings. The van der Waals surface area contributed by atoms with Crippen molar-refractivity contribution in [3.05, 3.63) is 11.6 Å². The maximum absolute atomic E-state index is 12.2. The van der Waals surface area contributed by atoms with Crippen LogP contribution in [0.2, 0.25) is 0 Å². The van der Waals surface area contributed by atoms with Crippen molar-refractivity contribution in [1.82, 2.24) is 25.0 Å². The minimum absolute atomic E-state index is 0.386. The summed E-state index contributed by atoms with van der Waals surface area (Å²) < 4.78 is 2.23. The summed E-state index contributed by atoms with van der Waals surface area (Å²) in [6.07, 6.45) is 8.29. The van der Waals surface area contributed by atoms with E-state index in [0.29, 0.717) is 25.6 Å². The molecule has 1 fully saturated rings. The summed E-state index contributed by atoms with van der Waals surface area (Å²) >= 11 is 0. The molecular weight excluding hydrogens is 318 g/mol. The first-order valence-electron chi connectivity index (χ1n) is 9.63. The molecule has 0 saturated carbocycles. The lowest BCUT2D eigenvalue weighted by molar-refractivity contribution is -0.146. The Labute approximate surface area is 149 Å². The Hall–Kier alpha value is -1.92.